The molecule has 11 nitrogen and oxygen atoms in total. The summed E-state index contributed by atoms with van der Waals surface area (Å²) in [4.78, 5) is 31.4. The molecule has 2 aromatic carbocycles. The second-order valence-electron chi connectivity index (χ2n) is 9.34. The minimum atomic E-state index is -1.60. The summed E-state index contributed by atoms with van der Waals surface area (Å²) in [5, 5.41) is 34.7. The summed E-state index contributed by atoms with van der Waals surface area (Å²) in [6, 6.07) is 14.1. The number of carbonyl (C=O) groups is 2. The molecule has 0 aliphatic carbocycles. The predicted molar refractivity (Wildman–Crippen MR) is 137 cm³/mol. The lowest BCUT2D eigenvalue weighted by Crippen LogP contribution is -2.65. The van der Waals surface area contributed by atoms with Gasteiger partial charge in [0, 0.05) is 6.92 Å². The molecule has 1 aliphatic rings. The standard InChI is InChI=1S/C27H36N2O9/c1-16(2)23(27(34)38-25-21(14-30)37-26(33)22(24(25)32)28-17(3)31)29(19-10-12-20(35-4)13-11-19)36-15-18-8-6-5-7-9-18/h5-13,16,21-26,30,32-33H,14-15H2,1-4H3,(H,28,31)/t21-,22-,23+,24-,25-,26?/m1/s1. The predicted octanol–water partition coefficient (Wildman–Crippen LogP) is 1.14. The largest absolute Gasteiger partial charge is 0.497 e. The fourth-order valence-corrected chi connectivity index (χ4v) is 4.22. The van der Waals surface area contributed by atoms with E-state index >= 15 is 0 Å². The molecule has 0 spiro atoms. The van der Waals surface area contributed by atoms with Gasteiger partial charge in [0.05, 0.1) is 26.0 Å². The van der Waals surface area contributed by atoms with Crippen molar-refractivity contribution in [3.8, 4) is 5.75 Å². The molecule has 2 aromatic rings. The number of aliphatic hydroxyl groups is 3. The van der Waals surface area contributed by atoms with Crippen LogP contribution in [0, 0.1) is 5.92 Å². The Morgan fingerprint density at radius 2 is 1.74 bits per heavy atom. The molecule has 1 aliphatic heterocycles. The molecular weight excluding hydrogens is 496 g/mol. The monoisotopic (exact) mass is 532 g/mol. The van der Waals surface area contributed by atoms with Gasteiger partial charge in [-0.2, -0.15) is 0 Å². The van der Waals surface area contributed by atoms with Gasteiger partial charge in [0.15, 0.2) is 18.4 Å². The van der Waals surface area contributed by atoms with Crippen LogP contribution in [0.2, 0.25) is 0 Å². The number of aliphatic hydroxyl groups excluding tert-OH is 3. The summed E-state index contributed by atoms with van der Waals surface area (Å²) in [5.41, 5.74) is 1.44. The van der Waals surface area contributed by atoms with E-state index in [-0.39, 0.29) is 12.5 Å². The zero-order valence-corrected chi connectivity index (χ0v) is 21.9. The van der Waals surface area contributed by atoms with Crippen LogP contribution in [-0.4, -0.2) is 77.6 Å². The Morgan fingerprint density at radius 1 is 1.08 bits per heavy atom. The number of esters is 1. The van der Waals surface area contributed by atoms with E-state index in [0.717, 1.165) is 5.56 Å². The number of benzene rings is 2. The van der Waals surface area contributed by atoms with E-state index in [2.05, 4.69) is 5.32 Å². The van der Waals surface area contributed by atoms with Gasteiger partial charge in [-0.15, -0.1) is 0 Å². The number of hydrogen-bond donors (Lipinski definition) is 4. The lowest BCUT2D eigenvalue weighted by atomic mass is 9.96. The van der Waals surface area contributed by atoms with Crippen molar-refractivity contribution >= 4 is 17.6 Å². The van der Waals surface area contributed by atoms with Gasteiger partial charge in [0.25, 0.3) is 0 Å². The van der Waals surface area contributed by atoms with Crippen LogP contribution in [0.5, 0.6) is 5.75 Å². The molecule has 0 radical (unpaired) electrons. The zero-order chi connectivity index (χ0) is 27.8. The number of nitrogens with one attached hydrogen (secondary N) is 1. The van der Waals surface area contributed by atoms with Crippen LogP contribution in [0.3, 0.4) is 0 Å². The van der Waals surface area contributed by atoms with Crippen LogP contribution in [0.4, 0.5) is 5.69 Å². The first-order valence-corrected chi connectivity index (χ1v) is 12.4. The second kappa shape index (κ2) is 13.5. The quantitative estimate of drug-likeness (QED) is 0.245. The number of anilines is 1. The van der Waals surface area contributed by atoms with E-state index in [4.69, 9.17) is 19.0 Å². The molecule has 1 heterocycles. The van der Waals surface area contributed by atoms with Crippen molar-refractivity contribution in [1.29, 1.82) is 0 Å². The number of nitrogens with zero attached hydrogens (tertiary/aromatic N) is 1. The Balaban J connectivity index is 1.90. The molecular formula is C27H36N2O9. The lowest BCUT2D eigenvalue weighted by Gasteiger charge is -2.43. The van der Waals surface area contributed by atoms with Gasteiger partial charge in [-0.3, -0.25) is 9.63 Å². The number of amides is 1. The van der Waals surface area contributed by atoms with Crippen molar-refractivity contribution in [2.45, 2.75) is 64.1 Å². The van der Waals surface area contributed by atoms with E-state index < -0.39 is 55.2 Å². The van der Waals surface area contributed by atoms with E-state index in [0.29, 0.717) is 11.4 Å². The van der Waals surface area contributed by atoms with Crippen LogP contribution in [0.15, 0.2) is 54.6 Å². The number of ether oxygens (including phenoxy) is 3. The first-order valence-electron chi connectivity index (χ1n) is 12.4. The molecule has 0 saturated carbocycles. The summed E-state index contributed by atoms with van der Waals surface area (Å²) in [6.07, 6.45) is -5.74. The van der Waals surface area contributed by atoms with Gasteiger partial charge in [-0.05, 0) is 35.7 Å². The van der Waals surface area contributed by atoms with E-state index in [1.165, 1.54) is 12.0 Å². The minimum Gasteiger partial charge on any atom is -0.497 e. The van der Waals surface area contributed by atoms with Gasteiger partial charge in [0.2, 0.25) is 5.91 Å². The number of hydrogen-bond acceptors (Lipinski definition) is 10. The van der Waals surface area contributed by atoms with Crippen molar-refractivity contribution < 1.29 is 44.0 Å². The first kappa shape index (κ1) is 29.3. The van der Waals surface area contributed by atoms with Crippen molar-refractivity contribution in [3.63, 3.8) is 0 Å². The number of hydroxylamine groups is 1. The SMILES string of the molecule is COc1ccc(N(OCc2ccccc2)[C@H](C(=O)O[C@H]2[C@H](O)[C@@H](NC(C)=O)C(O)O[C@@H]2CO)C(C)C)cc1. The van der Waals surface area contributed by atoms with Crippen molar-refractivity contribution in [1.82, 2.24) is 5.32 Å². The topological polar surface area (TPSA) is 147 Å². The average molecular weight is 533 g/mol. The van der Waals surface area contributed by atoms with Gasteiger partial charge < -0.3 is 34.8 Å². The Kier molecular flexibility index (Phi) is 10.5. The van der Waals surface area contributed by atoms with Gasteiger partial charge in [-0.25, -0.2) is 9.86 Å². The summed E-state index contributed by atoms with van der Waals surface area (Å²) < 4.78 is 16.3. The molecule has 38 heavy (non-hydrogen) atoms. The van der Waals surface area contributed by atoms with E-state index in [9.17, 15) is 24.9 Å². The Hall–Kier alpha value is -3.22. The third-order valence-corrected chi connectivity index (χ3v) is 6.16. The summed E-state index contributed by atoms with van der Waals surface area (Å²) in [6.45, 7) is 4.36. The highest BCUT2D eigenvalue weighted by atomic mass is 16.7. The molecule has 4 N–H and O–H groups in total. The minimum absolute atomic E-state index is 0.161. The van der Waals surface area contributed by atoms with Gasteiger partial charge in [-0.1, -0.05) is 44.2 Å². The maximum Gasteiger partial charge on any atom is 0.332 e. The summed E-state index contributed by atoms with van der Waals surface area (Å²) in [7, 11) is 1.55. The highest BCUT2D eigenvalue weighted by Gasteiger charge is 2.48. The molecule has 3 rings (SSSR count). The molecule has 0 aromatic heterocycles. The zero-order valence-electron chi connectivity index (χ0n) is 21.9. The van der Waals surface area contributed by atoms with Gasteiger partial charge in [0.1, 0.15) is 24.0 Å². The fraction of sp³-hybridized carbons (Fsp3) is 0.481. The first-order chi connectivity index (χ1) is 18.2. The van der Waals surface area contributed by atoms with Gasteiger partial charge >= 0.3 is 5.97 Å². The molecule has 208 valence electrons. The molecule has 6 atom stereocenters. The highest BCUT2D eigenvalue weighted by Crippen LogP contribution is 2.28. The Bertz CT molecular complexity index is 1030. The van der Waals surface area contributed by atoms with Crippen molar-refractivity contribution in [3.05, 3.63) is 60.2 Å². The third kappa shape index (κ3) is 7.21. The Labute approximate surface area is 221 Å². The number of methoxy groups -OCH3 is 1. The maximum atomic E-state index is 13.7. The normalized spacial score (nSPS) is 23.9. The molecule has 0 bridgehead atoms. The second-order valence-corrected chi connectivity index (χ2v) is 9.34. The number of rotatable bonds is 11. The third-order valence-electron chi connectivity index (χ3n) is 6.16. The van der Waals surface area contributed by atoms with Crippen molar-refractivity contribution in [2.24, 2.45) is 5.92 Å². The average Bonchev–Trinajstić information content (AvgIpc) is 2.90. The molecule has 11 heteroatoms. The summed E-state index contributed by atoms with van der Waals surface area (Å²) >= 11 is 0. The smallest absolute Gasteiger partial charge is 0.332 e. The van der Waals surface area contributed by atoms with Crippen LogP contribution in [-0.2, 0) is 30.5 Å². The van der Waals surface area contributed by atoms with Crippen LogP contribution in [0.1, 0.15) is 26.3 Å². The molecule has 1 unspecified atom stereocenters. The van der Waals surface area contributed by atoms with Crippen molar-refractivity contribution in [2.75, 3.05) is 18.8 Å². The molecule has 1 saturated heterocycles. The summed E-state index contributed by atoms with van der Waals surface area (Å²) in [5.74, 6) is -0.986. The molecule has 1 fully saturated rings. The van der Waals surface area contributed by atoms with Crippen LogP contribution < -0.4 is 15.1 Å². The van der Waals surface area contributed by atoms with Crippen LogP contribution in [0.25, 0.3) is 0 Å². The number of carbonyl (C=O) groups excluding carboxylic acids is 2. The fourth-order valence-electron chi connectivity index (χ4n) is 4.22. The van der Waals surface area contributed by atoms with Crippen LogP contribution >= 0.6 is 0 Å². The van der Waals surface area contributed by atoms with E-state index in [1.54, 1.807) is 31.4 Å². The maximum absolute atomic E-state index is 13.7. The Morgan fingerprint density at radius 3 is 2.29 bits per heavy atom. The highest BCUT2D eigenvalue weighted by molar-refractivity contribution is 5.80. The molecule has 1 amide bonds. The lowest BCUT2D eigenvalue weighted by molar-refractivity contribution is -0.260. The van der Waals surface area contributed by atoms with E-state index in [1.807, 2.05) is 44.2 Å².